The molecule has 1 heterocycles. The second-order valence-corrected chi connectivity index (χ2v) is 6.06. The minimum Gasteiger partial charge on any atom is -0.398 e. The van der Waals surface area contributed by atoms with Gasteiger partial charge < -0.3 is 11.1 Å². The molecule has 0 aliphatic carbocycles. The first-order valence-electron chi connectivity index (χ1n) is 5.11. The molecule has 3 N–H and O–H groups in total. The van der Waals surface area contributed by atoms with Gasteiger partial charge in [-0.1, -0.05) is 6.92 Å². The molecule has 1 aromatic heterocycles. The molecule has 90 valence electrons. The molecule has 6 heteroatoms. The summed E-state index contributed by atoms with van der Waals surface area (Å²) >= 11 is 0. The van der Waals surface area contributed by atoms with Gasteiger partial charge in [0.25, 0.3) is 0 Å². The molecule has 1 rings (SSSR count). The minimum atomic E-state index is -2.93. The van der Waals surface area contributed by atoms with Crippen molar-refractivity contribution in [3.8, 4) is 0 Å². The van der Waals surface area contributed by atoms with Crippen LogP contribution >= 0.6 is 0 Å². The molecule has 0 saturated heterocycles. The normalized spacial score (nSPS) is 11.4. The maximum Gasteiger partial charge on any atom is 0.151 e. The fourth-order valence-corrected chi connectivity index (χ4v) is 1.82. The second-order valence-electron chi connectivity index (χ2n) is 3.59. The highest BCUT2D eigenvalue weighted by atomic mass is 32.2. The molecule has 0 unspecified atom stereocenters. The van der Waals surface area contributed by atoms with E-state index in [0.717, 1.165) is 5.56 Å². The van der Waals surface area contributed by atoms with Crippen molar-refractivity contribution in [2.75, 3.05) is 29.1 Å². The van der Waals surface area contributed by atoms with Gasteiger partial charge in [0.15, 0.2) is 9.84 Å². The Hall–Kier alpha value is -1.30. The number of rotatable bonds is 5. The molecule has 0 aromatic carbocycles. The Labute approximate surface area is 96.0 Å². The SMILES string of the molecule is CCS(=O)(=O)CCNc1cc(N)c(C)cn1. The molecule has 0 atom stereocenters. The monoisotopic (exact) mass is 243 g/mol. The van der Waals surface area contributed by atoms with E-state index in [1.807, 2.05) is 6.92 Å². The minimum absolute atomic E-state index is 0.110. The van der Waals surface area contributed by atoms with Crippen LogP contribution in [0.3, 0.4) is 0 Å². The van der Waals surface area contributed by atoms with Crippen LogP contribution in [-0.4, -0.2) is 31.5 Å². The molecule has 0 saturated carbocycles. The van der Waals surface area contributed by atoms with Crippen LogP contribution in [0.4, 0.5) is 11.5 Å². The number of nitrogens with two attached hydrogens (primary N) is 1. The summed E-state index contributed by atoms with van der Waals surface area (Å²) in [6, 6.07) is 1.70. The van der Waals surface area contributed by atoms with Crippen molar-refractivity contribution in [2.24, 2.45) is 0 Å². The Morgan fingerprint density at radius 2 is 2.19 bits per heavy atom. The molecule has 16 heavy (non-hydrogen) atoms. The molecule has 0 bridgehead atoms. The van der Waals surface area contributed by atoms with Crippen molar-refractivity contribution in [1.29, 1.82) is 0 Å². The van der Waals surface area contributed by atoms with E-state index in [0.29, 0.717) is 18.1 Å². The number of nitrogens with zero attached hydrogens (tertiary/aromatic N) is 1. The lowest BCUT2D eigenvalue weighted by Gasteiger charge is -2.07. The van der Waals surface area contributed by atoms with Gasteiger partial charge in [-0.2, -0.15) is 0 Å². The van der Waals surface area contributed by atoms with Gasteiger partial charge >= 0.3 is 0 Å². The summed E-state index contributed by atoms with van der Waals surface area (Å²) in [7, 11) is -2.93. The smallest absolute Gasteiger partial charge is 0.151 e. The van der Waals surface area contributed by atoms with E-state index in [2.05, 4.69) is 10.3 Å². The van der Waals surface area contributed by atoms with Gasteiger partial charge in [0.2, 0.25) is 0 Å². The maximum absolute atomic E-state index is 11.2. The molecular formula is C10H17N3O2S. The zero-order valence-corrected chi connectivity index (χ0v) is 10.3. The van der Waals surface area contributed by atoms with Gasteiger partial charge in [-0.15, -0.1) is 0 Å². The van der Waals surface area contributed by atoms with Crippen molar-refractivity contribution in [3.05, 3.63) is 17.8 Å². The largest absolute Gasteiger partial charge is 0.398 e. The van der Waals surface area contributed by atoms with Gasteiger partial charge in [0, 0.05) is 30.2 Å². The zero-order chi connectivity index (χ0) is 12.2. The number of nitrogens with one attached hydrogen (secondary N) is 1. The van der Waals surface area contributed by atoms with Gasteiger partial charge in [-0.05, 0) is 12.5 Å². The van der Waals surface area contributed by atoms with Crippen LogP contribution in [0.2, 0.25) is 0 Å². The average molecular weight is 243 g/mol. The molecule has 0 aliphatic rings. The van der Waals surface area contributed by atoms with Crippen molar-refractivity contribution in [3.63, 3.8) is 0 Å². The van der Waals surface area contributed by atoms with E-state index in [4.69, 9.17) is 5.73 Å². The molecule has 5 nitrogen and oxygen atoms in total. The Bertz CT molecular complexity index is 457. The van der Waals surface area contributed by atoms with E-state index in [1.54, 1.807) is 19.2 Å². The molecule has 0 amide bonds. The Morgan fingerprint density at radius 3 is 2.75 bits per heavy atom. The van der Waals surface area contributed by atoms with Gasteiger partial charge in [-0.25, -0.2) is 13.4 Å². The molecule has 1 aromatic rings. The summed E-state index contributed by atoms with van der Waals surface area (Å²) in [5.74, 6) is 0.881. The zero-order valence-electron chi connectivity index (χ0n) is 9.53. The maximum atomic E-state index is 11.2. The summed E-state index contributed by atoms with van der Waals surface area (Å²) in [6.07, 6.45) is 1.66. The lowest BCUT2D eigenvalue weighted by Crippen LogP contribution is -2.17. The summed E-state index contributed by atoms with van der Waals surface area (Å²) in [5.41, 5.74) is 7.26. The number of anilines is 2. The number of hydrogen-bond donors (Lipinski definition) is 2. The summed E-state index contributed by atoms with van der Waals surface area (Å²) in [5, 5.41) is 2.93. The van der Waals surface area contributed by atoms with Crippen LogP contribution in [-0.2, 0) is 9.84 Å². The van der Waals surface area contributed by atoms with E-state index in [1.165, 1.54) is 0 Å². The Balaban J connectivity index is 2.53. The molecule has 0 spiro atoms. The predicted molar refractivity (Wildman–Crippen MR) is 66.2 cm³/mol. The second kappa shape index (κ2) is 5.16. The number of hydrogen-bond acceptors (Lipinski definition) is 5. The number of nitrogen functional groups attached to an aromatic ring is 1. The highest BCUT2D eigenvalue weighted by Gasteiger charge is 2.06. The molecular weight excluding hydrogens is 226 g/mol. The van der Waals surface area contributed by atoms with Gasteiger partial charge in [0.05, 0.1) is 5.75 Å². The van der Waals surface area contributed by atoms with E-state index >= 15 is 0 Å². The van der Waals surface area contributed by atoms with Gasteiger partial charge in [-0.3, -0.25) is 0 Å². The first-order chi connectivity index (χ1) is 7.44. The number of sulfone groups is 1. The fraction of sp³-hybridized carbons (Fsp3) is 0.500. The lowest BCUT2D eigenvalue weighted by atomic mass is 10.2. The third-order valence-electron chi connectivity index (χ3n) is 2.30. The van der Waals surface area contributed by atoms with Crippen LogP contribution in [0, 0.1) is 6.92 Å². The Kier molecular flexibility index (Phi) is 4.12. The van der Waals surface area contributed by atoms with Gasteiger partial charge in [0.1, 0.15) is 5.82 Å². The van der Waals surface area contributed by atoms with E-state index in [-0.39, 0.29) is 11.5 Å². The van der Waals surface area contributed by atoms with Crippen LogP contribution in [0.25, 0.3) is 0 Å². The van der Waals surface area contributed by atoms with E-state index in [9.17, 15) is 8.42 Å². The molecule has 0 aliphatic heterocycles. The first kappa shape index (κ1) is 12.8. The van der Waals surface area contributed by atoms with Crippen molar-refractivity contribution in [1.82, 2.24) is 4.98 Å². The van der Waals surface area contributed by atoms with E-state index < -0.39 is 9.84 Å². The number of aryl methyl sites for hydroxylation is 1. The van der Waals surface area contributed by atoms with Crippen LogP contribution in [0.1, 0.15) is 12.5 Å². The van der Waals surface area contributed by atoms with Crippen LogP contribution in [0.5, 0.6) is 0 Å². The third kappa shape index (κ3) is 3.69. The topological polar surface area (TPSA) is 85.1 Å². The van der Waals surface area contributed by atoms with Crippen molar-refractivity contribution < 1.29 is 8.42 Å². The van der Waals surface area contributed by atoms with Crippen LogP contribution < -0.4 is 11.1 Å². The molecule has 0 fully saturated rings. The number of aromatic nitrogens is 1. The third-order valence-corrected chi connectivity index (χ3v) is 4.01. The first-order valence-corrected chi connectivity index (χ1v) is 6.93. The summed E-state index contributed by atoms with van der Waals surface area (Å²) < 4.78 is 22.5. The predicted octanol–water partition coefficient (Wildman–Crippen LogP) is 0.819. The standard InChI is InChI=1S/C10H17N3O2S/c1-3-16(14,15)5-4-12-10-6-9(11)8(2)7-13-10/h6-7H,3-5H2,1-2H3,(H3,11,12,13). The highest BCUT2D eigenvalue weighted by Crippen LogP contribution is 2.13. The van der Waals surface area contributed by atoms with Crippen molar-refractivity contribution in [2.45, 2.75) is 13.8 Å². The van der Waals surface area contributed by atoms with Crippen molar-refractivity contribution >= 4 is 21.3 Å². The molecule has 0 radical (unpaired) electrons. The quantitative estimate of drug-likeness (QED) is 0.799. The highest BCUT2D eigenvalue weighted by molar-refractivity contribution is 7.91. The summed E-state index contributed by atoms with van der Waals surface area (Å²) in [6.45, 7) is 3.86. The Morgan fingerprint density at radius 1 is 1.50 bits per heavy atom. The fourth-order valence-electron chi connectivity index (χ4n) is 1.11. The lowest BCUT2D eigenvalue weighted by molar-refractivity contribution is 0.597. The summed E-state index contributed by atoms with van der Waals surface area (Å²) in [4.78, 5) is 4.10. The number of pyridine rings is 1. The average Bonchev–Trinajstić information content (AvgIpc) is 2.23. The van der Waals surface area contributed by atoms with Crippen LogP contribution in [0.15, 0.2) is 12.3 Å².